The van der Waals surface area contributed by atoms with Crippen LogP contribution in [0.25, 0.3) is 0 Å². The standard InChI is InChI=1S/C21H21F4NO7S/c22-13-7-10(9-31-20(34)26-12-4-2-11(3-5-12)21(23,24)25)1-6-14(13)32-19-18(30)17(29)16(28)15(8-27)33-19/h1-7,15-19,27-30H,8-9H2,(H,26,34)/t15-,16-,17+,18+,19+/m1/s1. The van der Waals surface area contributed by atoms with Crippen molar-refractivity contribution in [3.63, 3.8) is 0 Å². The van der Waals surface area contributed by atoms with E-state index < -0.39 is 54.9 Å². The molecule has 0 amide bonds. The Bertz CT molecular complexity index is 990. The van der Waals surface area contributed by atoms with Gasteiger partial charge in [0.2, 0.25) is 6.29 Å². The van der Waals surface area contributed by atoms with Crippen molar-refractivity contribution in [1.82, 2.24) is 0 Å². The van der Waals surface area contributed by atoms with Crippen molar-refractivity contribution >= 4 is 23.1 Å². The summed E-state index contributed by atoms with van der Waals surface area (Å²) in [6.07, 6.45) is -12.2. The Kier molecular flexibility index (Phi) is 8.28. The van der Waals surface area contributed by atoms with Crippen molar-refractivity contribution < 1.29 is 52.2 Å². The van der Waals surface area contributed by atoms with Gasteiger partial charge in [-0.25, -0.2) is 4.39 Å². The van der Waals surface area contributed by atoms with E-state index in [-0.39, 0.29) is 23.2 Å². The van der Waals surface area contributed by atoms with Crippen LogP contribution in [0.4, 0.5) is 23.2 Å². The maximum atomic E-state index is 14.5. The van der Waals surface area contributed by atoms with E-state index in [1.807, 2.05) is 0 Å². The number of halogens is 4. The maximum Gasteiger partial charge on any atom is 0.416 e. The molecule has 1 aliphatic rings. The van der Waals surface area contributed by atoms with Gasteiger partial charge in [-0.1, -0.05) is 6.07 Å². The Labute approximate surface area is 196 Å². The third-order valence-corrected chi connectivity index (χ3v) is 5.14. The van der Waals surface area contributed by atoms with Gasteiger partial charge in [-0.2, -0.15) is 13.2 Å². The van der Waals surface area contributed by atoms with Crippen molar-refractivity contribution in [2.24, 2.45) is 0 Å². The first kappa shape index (κ1) is 26.1. The summed E-state index contributed by atoms with van der Waals surface area (Å²) in [7, 11) is 0. The second-order valence-electron chi connectivity index (χ2n) is 7.36. The summed E-state index contributed by atoms with van der Waals surface area (Å²) in [5.74, 6) is -1.20. The molecule has 2 aromatic carbocycles. The molecule has 3 rings (SSSR count). The SMILES string of the molecule is OC[C@H]1O[C@H](Oc2ccc(COC(=S)Nc3ccc(C(F)(F)F)cc3)cc2F)[C@@H](O)[C@@H](O)[C@@H]1O. The first-order chi connectivity index (χ1) is 16.0. The van der Waals surface area contributed by atoms with E-state index >= 15 is 0 Å². The van der Waals surface area contributed by atoms with Crippen molar-refractivity contribution in [1.29, 1.82) is 0 Å². The topological polar surface area (TPSA) is 121 Å². The van der Waals surface area contributed by atoms with Crippen molar-refractivity contribution in [2.45, 2.75) is 43.5 Å². The van der Waals surface area contributed by atoms with Gasteiger partial charge in [-0.3, -0.25) is 0 Å². The Morgan fingerprint density at radius 3 is 2.29 bits per heavy atom. The van der Waals surface area contributed by atoms with Gasteiger partial charge in [-0.15, -0.1) is 0 Å². The Morgan fingerprint density at radius 1 is 1.03 bits per heavy atom. The average molecular weight is 507 g/mol. The van der Waals surface area contributed by atoms with Crippen LogP contribution in [0.5, 0.6) is 5.75 Å². The van der Waals surface area contributed by atoms with E-state index in [0.29, 0.717) is 5.56 Å². The second kappa shape index (κ2) is 10.8. The van der Waals surface area contributed by atoms with Gasteiger partial charge in [0.05, 0.1) is 12.2 Å². The lowest BCUT2D eigenvalue weighted by Gasteiger charge is -2.39. The van der Waals surface area contributed by atoms with Gasteiger partial charge in [0, 0.05) is 5.69 Å². The molecule has 0 unspecified atom stereocenters. The number of hydrogen-bond acceptors (Lipinski definition) is 8. The quantitative estimate of drug-likeness (QED) is 0.295. The fourth-order valence-electron chi connectivity index (χ4n) is 3.06. The van der Waals surface area contributed by atoms with E-state index in [0.717, 1.165) is 18.2 Å². The van der Waals surface area contributed by atoms with E-state index in [9.17, 15) is 38.0 Å². The highest BCUT2D eigenvalue weighted by atomic mass is 32.1. The summed E-state index contributed by atoms with van der Waals surface area (Å²) < 4.78 is 68.0. The van der Waals surface area contributed by atoms with Gasteiger partial charge in [-0.05, 0) is 54.2 Å². The monoisotopic (exact) mass is 507 g/mol. The Balaban J connectivity index is 1.55. The minimum absolute atomic E-state index is 0.151. The minimum atomic E-state index is -4.46. The molecule has 8 nitrogen and oxygen atoms in total. The molecule has 2 aromatic rings. The van der Waals surface area contributed by atoms with Crippen molar-refractivity contribution in [3.8, 4) is 5.75 Å². The Morgan fingerprint density at radius 2 is 1.71 bits per heavy atom. The molecule has 0 aliphatic carbocycles. The third-order valence-electron chi connectivity index (χ3n) is 4.92. The molecular weight excluding hydrogens is 486 g/mol. The molecule has 0 bridgehead atoms. The van der Waals surface area contributed by atoms with Gasteiger partial charge < -0.3 is 40.0 Å². The summed E-state index contributed by atoms with van der Waals surface area (Å²) in [5, 5.41) is 41.2. The molecular formula is C21H21F4NO7S. The fraction of sp³-hybridized carbons (Fsp3) is 0.381. The minimum Gasteiger partial charge on any atom is -0.466 e. The molecule has 1 fully saturated rings. The van der Waals surface area contributed by atoms with Gasteiger partial charge in [0.15, 0.2) is 11.6 Å². The zero-order valence-corrected chi connectivity index (χ0v) is 18.1. The number of nitrogens with one attached hydrogen (secondary N) is 1. The van der Waals surface area contributed by atoms with Crippen LogP contribution in [0.2, 0.25) is 0 Å². The molecule has 13 heteroatoms. The summed E-state index contributed by atoms with van der Waals surface area (Å²) in [5.41, 5.74) is -0.214. The zero-order valence-electron chi connectivity index (χ0n) is 17.3. The molecule has 5 atom stereocenters. The number of rotatable bonds is 6. The number of aliphatic hydroxyl groups is 4. The van der Waals surface area contributed by atoms with Crippen LogP contribution in [0.1, 0.15) is 11.1 Å². The van der Waals surface area contributed by atoms with Gasteiger partial charge in [0.1, 0.15) is 31.0 Å². The molecule has 34 heavy (non-hydrogen) atoms. The number of alkyl halides is 3. The predicted molar refractivity (Wildman–Crippen MR) is 113 cm³/mol. The highest BCUT2D eigenvalue weighted by molar-refractivity contribution is 7.80. The summed E-state index contributed by atoms with van der Waals surface area (Å²) >= 11 is 4.98. The average Bonchev–Trinajstić information content (AvgIpc) is 2.79. The summed E-state index contributed by atoms with van der Waals surface area (Å²) in [4.78, 5) is 0. The van der Waals surface area contributed by atoms with E-state index in [1.165, 1.54) is 24.3 Å². The lowest BCUT2D eigenvalue weighted by molar-refractivity contribution is -0.277. The summed E-state index contributed by atoms with van der Waals surface area (Å²) in [6, 6.07) is 7.82. The molecule has 0 radical (unpaired) electrons. The zero-order chi connectivity index (χ0) is 25.0. The largest absolute Gasteiger partial charge is 0.466 e. The van der Waals surface area contributed by atoms with Crippen molar-refractivity contribution in [2.75, 3.05) is 11.9 Å². The number of aliphatic hydroxyl groups excluding tert-OH is 4. The van der Waals surface area contributed by atoms with Crippen molar-refractivity contribution in [3.05, 3.63) is 59.4 Å². The number of anilines is 1. The number of ether oxygens (including phenoxy) is 3. The van der Waals surface area contributed by atoms with Crippen LogP contribution in [0, 0.1) is 5.82 Å². The Hall–Kier alpha value is -2.55. The predicted octanol–water partition coefficient (Wildman–Crippen LogP) is 1.94. The normalized spacial score (nSPS) is 25.0. The fourth-order valence-corrected chi connectivity index (χ4v) is 3.24. The second-order valence-corrected chi connectivity index (χ2v) is 7.73. The highest BCUT2D eigenvalue weighted by Crippen LogP contribution is 2.30. The molecule has 0 saturated carbocycles. The molecule has 0 aromatic heterocycles. The van der Waals surface area contributed by atoms with Crippen LogP contribution in [-0.4, -0.2) is 62.9 Å². The molecule has 1 heterocycles. The van der Waals surface area contributed by atoms with Gasteiger partial charge in [0.25, 0.3) is 5.17 Å². The lowest BCUT2D eigenvalue weighted by Crippen LogP contribution is -2.60. The molecule has 5 N–H and O–H groups in total. The van der Waals surface area contributed by atoms with Crippen LogP contribution < -0.4 is 10.1 Å². The molecule has 1 saturated heterocycles. The number of benzene rings is 2. The maximum absolute atomic E-state index is 14.5. The molecule has 186 valence electrons. The first-order valence-electron chi connectivity index (χ1n) is 9.86. The summed E-state index contributed by atoms with van der Waals surface area (Å²) in [6.45, 7) is -0.840. The highest BCUT2D eigenvalue weighted by Gasteiger charge is 2.44. The van der Waals surface area contributed by atoms with E-state index in [2.05, 4.69) is 5.32 Å². The van der Waals surface area contributed by atoms with Crippen LogP contribution in [0.3, 0.4) is 0 Å². The van der Waals surface area contributed by atoms with Gasteiger partial charge >= 0.3 is 6.18 Å². The molecule has 0 spiro atoms. The van der Waals surface area contributed by atoms with Crippen LogP contribution in [0.15, 0.2) is 42.5 Å². The number of thiocarbonyl (C=S) groups is 1. The first-order valence-corrected chi connectivity index (χ1v) is 10.3. The van der Waals surface area contributed by atoms with Crippen LogP contribution in [-0.2, 0) is 22.3 Å². The lowest BCUT2D eigenvalue weighted by atomic mass is 9.99. The smallest absolute Gasteiger partial charge is 0.416 e. The third kappa shape index (κ3) is 6.31. The van der Waals surface area contributed by atoms with E-state index in [4.69, 9.17) is 26.4 Å². The van der Waals surface area contributed by atoms with Crippen LogP contribution >= 0.6 is 12.2 Å². The molecule has 1 aliphatic heterocycles. The van der Waals surface area contributed by atoms with E-state index in [1.54, 1.807) is 0 Å². The number of hydrogen-bond donors (Lipinski definition) is 5.